The molecule has 0 saturated carbocycles. The van der Waals surface area contributed by atoms with Crippen molar-refractivity contribution in [2.45, 2.75) is 11.8 Å². The van der Waals surface area contributed by atoms with Crippen LogP contribution in [0.1, 0.15) is 5.56 Å². The molecule has 0 spiro atoms. The Morgan fingerprint density at radius 2 is 1.93 bits per heavy atom. The van der Waals surface area contributed by atoms with Crippen LogP contribution in [0.4, 0.5) is 0 Å². The fourth-order valence-electron chi connectivity index (χ4n) is 0.904. The van der Waals surface area contributed by atoms with Gasteiger partial charge in [-0.15, -0.1) is 0 Å². The minimum absolute atomic E-state index is 0.379. The van der Waals surface area contributed by atoms with E-state index in [0.717, 1.165) is 4.90 Å². The summed E-state index contributed by atoms with van der Waals surface area (Å²) in [5.41, 5.74) is 1.19. The topological polar surface area (TPSA) is 26.3 Å². The standard InChI is InChI=1S/C11H12O2S/c1-8-4-6-10(7-5-8)14-9(2)11(12)13-3/h4-7H,2H2,1,3H3. The number of methoxy groups -OCH3 is 1. The second-order valence-corrected chi connectivity index (χ2v) is 4.00. The van der Waals surface area contributed by atoms with Gasteiger partial charge >= 0.3 is 5.97 Å². The Kier molecular flexibility index (Phi) is 3.77. The van der Waals surface area contributed by atoms with Crippen molar-refractivity contribution in [1.82, 2.24) is 0 Å². The third-order valence-electron chi connectivity index (χ3n) is 1.68. The van der Waals surface area contributed by atoms with Gasteiger partial charge in [-0.3, -0.25) is 0 Å². The summed E-state index contributed by atoms with van der Waals surface area (Å²) in [6.45, 7) is 5.65. The third kappa shape index (κ3) is 2.92. The monoisotopic (exact) mass is 208 g/mol. The number of ether oxygens (including phenoxy) is 1. The van der Waals surface area contributed by atoms with Gasteiger partial charge in [-0.2, -0.15) is 0 Å². The highest BCUT2D eigenvalue weighted by atomic mass is 32.2. The molecule has 0 heterocycles. The first kappa shape index (κ1) is 10.9. The van der Waals surface area contributed by atoms with E-state index in [9.17, 15) is 4.79 Å². The predicted octanol–water partition coefficient (Wildman–Crippen LogP) is 2.77. The number of esters is 1. The molecule has 0 aliphatic heterocycles. The zero-order valence-corrected chi connectivity index (χ0v) is 9.06. The molecule has 0 bridgehead atoms. The van der Waals surface area contributed by atoms with Gasteiger partial charge in [0, 0.05) is 4.90 Å². The number of hydrogen-bond donors (Lipinski definition) is 0. The van der Waals surface area contributed by atoms with Crippen LogP contribution in [0, 0.1) is 6.92 Å². The zero-order valence-electron chi connectivity index (χ0n) is 8.24. The maximum atomic E-state index is 11.0. The van der Waals surface area contributed by atoms with E-state index >= 15 is 0 Å². The lowest BCUT2D eigenvalue weighted by Gasteiger charge is -2.03. The van der Waals surface area contributed by atoms with Crippen LogP contribution >= 0.6 is 11.8 Å². The Morgan fingerprint density at radius 3 is 2.43 bits per heavy atom. The van der Waals surface area contributed by atoms with E-state index in [0.29, 0.717) is 4.91 Å². The Bertz CT molecular complexity index is 341. The van der Waals surface area contributed by atoms with Gasteiger partial charge in [-0.1, -0.05) is 36.0 Å². The first-order valence-corrected chi connectivity index (χ1v) is 4.97. The summed E-state index contributed by atoms with van der Waals surface area (Å²) in [4.78, 5) is 12.4. The van der Waals surface area contributed by atoms with Gasteiger partial charge in [0.1, 0.15) is 0 Å². The number of carbonyl (C=O) groups excluding carboxylic acids is 1. The number of thioether (sulfide) groups is 1. The summed E-state index contributed by atoms with van der Waals surface area (Å²) in [7, 11) is 1.35. The van der Waals surface area contributed by atoms with Crippen molar-refractivity contribution in [1.29, 1.82) is 0 Å². The SMILES string of the molecule is C=C(Sc1ccc(C)cc1)C(=O)OC. The maximum absolute atomic E-state index is 11.0. The molecule has 0 aromatic heterocycles. The molecule has 3 heteroatoms. The molecular formula is C11H12O2S. The van der Waals surface area contributed by atoms with E-state index in [4.69, 9.17) is 0 Å². The molecule has 0 N–H and O–H groups in total. The Balaban J connectivity index is 2.65. The van der Waals surface area contributed by atoms with E-state index in [1.54, 1.807) is 0 Å². The van der Waals surface area contributed by atoms with Crippen LogP contribution in [0.3, 0.4) is 0 Å². The summed E-state index contributed by atoms with van der Waals surface area (Å²) < 4.78 is 4.55. The van der Waals surface area contributed by atoms with Crippen LogP contribution in [0.2, 0.25) is 0 Å². The van der Waals surface area contributed by atoms with Crippen LogP contribution < -0.4 is 0 Å². The minimum atomic E-state index is -0.379. The molecular weight excluding hydrogens is 196 g/mol. The highest BCUT2D eigenvalue weighted by Gasteiger charge is 2.07. The molecule has 1 rings (SSSR count). The average Bonchev–Trinajstić information content (AvgIpc) is 2.20. The first-order chi connectivity index (χ1) is 6.63. The molecule has 0 saturated heterocycles. The van der Waals surface area contributed by atoms with Crippen molar-refractivity contribution in [3.8, 4) is 0 Å². The molecule has 14 heavy (non-hydrogen) atoms. The lowest BCUT2D eigenvalue weighted by molar-refractivity contribution is -0.135. The van der Waals surface area contributed by atoms with Crippen LogP contribution in [0.15, 0.2) is 40.6 Å². The summed E-state index contributed by atoms with van der Waals surface area (Å²) in [5, 5.41) is 0. The minimum Gasteiger partial charge on any atom is -0.465 e. The van der Waals surface area contributed by atoms with E-state index in [1.165, 1.54) is 24.4 Å². The van der Waals surface area contributed by atoms with E-state index < -0.39 is 0 Å². The molecule has 1 aromatic rings. The van der Waals surface area contributed by atoms with Crippen LogP contribution in [0.25, 0.3) is 0 Å². The maximum Gasteiger partial charge on any atom is 0.344 e. The number of benzene rings is 1. The molecule has 0 amide bonds. The molecule has 74 valence electrons. The molecule has 1 aromatic carbocycles. The van der Waals surface area contributed by atoms with Crippen LogP contribution in [-0.2, 0) is 9.53 Å². The van der Waals surface area contributed by atoms with Gasteiger partial charge in [0.15, 0.2) is 0 Å². The molecule has 0 unspecified atom stereocenters. The normalized spacial score (nSPS) is 9.57. The van der Waals surface area contributed by atoms with Crippen molar-refractivity contribution >= 4 is 17.7 Å². The first-order valence-electron chi connectivity index (χ1n) is 4.15. The Labute approximate surface area is 88.0 Å². The van der Waals surface area contributed by atoms with E-state index in [1.807, 2.05) is 31.2 Å². The number of aryl methyl sites for hydroxylation is 1. The van der Waals surface area contributed by atoms with Crippen molar-refractivity contribution in [3.05, 3.63) is 41.3 Å². The highest BCUT2D eigenvalue weighted by molar-refractivity contribution is 8.04. The summed E-state index contributed by atoms with van der Waals surface area (Å²) in [6, 6.07) is 7.89. The van der Waals surface area contributed by atoms with E-state index in [2.05, 4.69) is 11.3 Å². The zero-order chi connectivity index (χ0) is 10.6. The average molecular weight is 208 g/mol. The molecule has 2 nitrogen and oxygen atoms in total. The van der Waals surface area contributed by atoms with Gasteiger partial charge in [0.2, 0.25) is 0 Å². The predicted molar refractivity (Wildman–Crippen MR) is 58.2 cm³/mol. The van der Waals surface area contributed by atoms with Crippen molar-refractivity contribution < 1.29 is 9.53 Å². The molecule has 0 radical (unpaired) electrons. The summed E-state index contributed by atoms with van der Waals surface area (Å²) in [6.07, 6.45) is 0. The number of carbonyl (C=O) groups is 1. The number of rotatable bonds is 3. The van der Waals surface area contributed by atoms with Crippen molar-refractivity contribution in [2.24, 2.45) is 0 Å². The summed E-state index contributed by atoms with van der Waals surface area (Å²) in [5.74, 6) is -0.379. The Morgan fingerprint density at radius 1 is 1.36 bits per heavy atom. The van der Waals surface area contributed by atoms with Gasteiger partial charge < -0.3 is 4.74 Å². The number of hydrogen-bond acceptors (Lipinski definition) is 3. The second-order valence-electron chi connectivity index (χ2n) is 2.83. The van der Waals surface area contributed by atoms with E-state index in [-0.39, 0.29) is 5.97 Å². The molecule has 0 fully saturated rings. The fraction of sp³-hybridized carbons (Fsp3) is 0.182. The van der Waals surface area contributed by atoms with Gasteiger partial charge in [0.05, 0.1) is 12.0 Å². The molecule has 0 aliphatic rings. The molecule has 0 atom stereocenters. The third-order valence-corrected chi connectivity index (χ3v) is 2.60. The lowest BCUT2D eigenvalue weighted by Crippen LogP contribution is -1.99. The van der Waals surface area contributed by atoms with Crippen LogP contribution in [-0.4, -0.2) is 13.1 Å². The Hall–Kier alpha value is -1.22. The molecule has 0 aliphatic carbocycles. The van der Waals surface area contributed by atoms with Crippen molar-refractivity contribution in [3.63, 3.8) is 0 Å². The quantitative estimate of drug-likeness (QED) is 0.434. The van der Waals surface area contributed by atoms with Crippen LogP contribution in [0.5, 0.6) is 0 Å². The largest absolute Gasteiger partial charge is 0.465 e. The second kappa shape index (κ2) is 4.86. The lowest BCUT2D eigenvalue weighted by atomic mass is 10.2. The summed E-state index contributed by atoms with van der Waals surface area (Å²) >= 11 is 1.32. The van der Waals surface area contributed by atoms with Crippen molar-refractivity contribution in [2.75, 3.05) is 7.11 Å². The van der Waals surface area contributed by atoms with Gasteiger partial charge in [-0.05, 0) is 19.1 Å². The fourth-order valence-corrected chi connectivity index (χ4v) is 1.63. The van der Waals surface area contributed by atoms with Gasteiger partial charge in [0.25, 0.3) is 0 Å². The highest BCUT2D eigenvalue weighted by Crippen LogP contribution is 2.25. The smallest absolute Gasteiger partial charge is 0.344 e. The van der Waals surface area contributed by atoms with Gasteiger partial charge in [-0.25, -0.2) is 4.79 Å².